The molecule has 1 heterocycles. The molecule has 0 saturated carbocycles. The van der Waals surface area contributed by atoms with Crippen molar-refractivity contribution < 1.29 is 4.74 Å². The van der Waals surface area contributed by atoms with Crippen LogP contribution >= 0.6 is 35.7 Å². The zero-order valence-corrected chi connectivity index (χ0v) is 16.7. The minimum atomic E-state index is 0. The maximum Gasteiger partial charge on any atom is 0.193 e. The molecule has 1 aliphatic rings. The van der Waals surface area contributed by atoms with Gasteiger partial charge in [-0.2, -0.15) is 0 Å². The summed E-state index contributed by atoms with van der Waals surface area (Å²) in [6.45, 7) is 3.55. The SMILES string of the molecule is CN=C(NCC1CCOC1)N(C)Cc1ccc(SC)cc1.I. The van der Waals surface area contributed by atoms with E-state index in [4.69, 9.17) is 4.74 Å². The van der Waals surface area contributed by atoms with E-state index in [-0.39, 0.29) is 24.0 Å². The lowest BCUT2D eigenvalue weighted by Crippen LogP contribution is -2.40. The molecule has 0 radical (unpaired) electrons. The van der Waals surface area contributed by atoms with Crippen molar-refractivity contribution in [2.75, 3.05) is 40.1 Å². The number of hydrogen-bond donors (Lipinski definition) is 1. The van der Waals surface area contributed by atoms with Gasteiger partial charge in [0.25, 0.3) is 0 Å². The van der Waals surface area contributed by atoms with Crippen molar-refractivity contribution in [3.63, 3.8) is 0 Å². The van der Waals surface area contributed by atoms with Gasteiger partial charge in [-0.1, -0.05) is 12.1 Å². The molecule has 1 atom stereocenters. The van der Waals surface area contributed by atoms with E-state index in [0.717, 1.165) is 38.7 Å². The van der Waals surface area contributed by atoms with Gasteiger partial charge in [-0.25, -0.2) is 0 Å². The number of thioether (sulfide) groups is 1. The number of ether oxygens (including phenoxy) is 1. The van der Waals surface area contributed by atoms with Crippen molar-refractivity contribution in [2.45, 2.75) is 17.9 Å². The van der Waals surface area contributed by atoms with Crippen LogP contribution in [-0.4, -0.2) is 51.0 Å². The average Bonchev–Trinajstić information content (AvgIpc) is 3.02. The van der Waals surface area contributed by atoms with Crippen molar-refractivity contribution in [2.24, 2.45) is 10.9 Å². The summed E-state index contributed by atoms with van der Waals surface area (Å²) in [7, 11) is 3.91. The molecular weight excluding hydrogens is 409 g/mol. The first-order valence-electron chi connectivity index (χ1n) is 7.35. The Hall–Kier alpha value is -0.470. The van der Waals surface area contributed by atoms with Crippen LogP contribution < -0.4 is 5.32 Å². The van der Waals surface area contributed by atoms with Gasteiger partial charge in [0.15, 0.2) is 5.96 Å². The zero-order chi connectivity index (χ0) is 15.1. The Labute approximate surface area is 155 Å². The summed E-state index contributed by atoms with van der Waals surface area (Å²) in [4.78, 5) is 7.82. The van der Waals surface area contributed by atoms with Crippen LogP contribution in [0.2, 0.25) is 0 Å². The van der Waals surface area contributed by atoms with Gasteiger partial charge in [-0.15, -0.1) is 35.7 Å². The van der Waals surface area contributed by atoms with Crippen LogP contribution in [0.1, 0.15) is 12.0 Å². The average molecular weight is 435 g/mol. The molecule has 6 heteroatoms. The molecule has 22 heavy (non-hydrogen) atoms. The first kappa shape index (κ1) is 19.6. The minimum absolute atomic E-state index is 0. The zero-order valence-electron chi connectivity index (χ0n) is 13.5. The first-order chi connectivity index (χ1) is 10.2. The molecule has 124 valence electrons. The molecule has 0 bridgehead atoms. The molecule has 1 N–H and O–H groups in total. The molecule has 1 aromatic carbocycles. The molecule has 0 amide bonds. The molecule has 1 fully saturated rings. The van der Waals surface area contributed by atoms with Gasteiger partial charge >= 0.3 is 0 Å². The van der Waals surface area contributed by atoms with E-state index in [2.05, 4.69) is 52.8 Å². The van der Waals surface area contributed by atoms with Crippen LogP contribution in [0.4, 0.5) is 0 Å². The lowest BCUT2D eigenvalue weighted by atomic mass is 10.1. The third kappa shape index (κ3) is 5.96. The summed E-state index contributed by atoms with van der Waals surface area (Å²) < 4.78 is 5.41. The molecule has 1 saturated heterocycles. The smallest absolute Gasteiger partial charge is 0.193 e. The summed E-state index contributed by atoms with van der Waals surface area (Å²) >= 11 is 1.77. The molecule has 1 aromatic rings. The quantitative estimate of drug-likeness (QED) is 0.334. The highest BCUT2D eigenvalue weighted by Gasteiger charge is 2.16. The highest BCUT2D eigenvalue weighted by atomic mass is 127. The van der Waals surface area contributed by atoms with E-state index in [9.17, 15) is 0 Å². The lowest BCUT2D eigenvalue weighted by Gasteiger charge is -2.23. The monoisotopic (exact) mass is 435 g/mol. The number of hydrogen-bond acceptors (Lipinski definition) is 3. The van der Waals surface area contributed by atoms with Crippen LogP contribution in [0.25, 0.3) is 0 Å². The number of nitrogens with one attached hydrogen (secondary N) is 1. The Kier molecular flexibility index (Phi) is 9.19. The number of rotatable bonds is 5. The topological polar surface area (TPSA) is 36.9 Å². The van der Waals surface area contributed by atoms with Crippen LogP contribution in [-0.2, 0) is 11.3 Å². The predicted octanol–water partition coefficient (Wildman–Crippen LogP) is 3.07. The van der Waals surface area contributed by atoms with Crippen LogP contribution in [0.5, 0.6) is 0 Å². The Morgan fingerprint density at radius 1 is 1.41 bits per heavy atom. The van der Waals surface area contributed by atoms with Crippen molar-refractivity contribution in [1.82, 2.24) is 10.2 Å². The third-order valence-electron chi connectivity index (χ3n) is 3.73. The van der Waals surface area contributed by atoms with E-state index in [1.54, 1.807) is 11.8 Å². The third-order valence-corrected chi connectivity index (χ3v) is 4.47. The standard InChI is InChI=1S/C16H25N3OS.HI/c1-17-16(18-10-14-8-9-20-12-14)19(2)11-13-4-6-15(21-3)7-5-13;/h4-7,14H,8-12H2,1-3H3,(H,17,18);1H. The van der Waals surface area contributed by atoms with Gasteiger partial charge in [0.1, 0.15) is 0 Å². The van der Waals surface area contributed by atoms with Gasteiger partial charge in [-0.05, 0) is 30.4 Å². The van der Waals surface area contributed by atoms with Crippen LogP contribution in [0, 0.1) is 5.92 Å². The second-order valence-electron chi connectivity index (χ2n) is 5.36. The van der Waals surface area contributed by atoms with Crippen LogP contribution in [0.15, 0.2) is 34.2 Å². The molecule has 2 rings (SSSR count). The van der Waals surface area contributed by atoms with Gasteiger partial charge < -0.3 is 15.0 Å². The molecule has 0 aliphatic carbocycles. The number of aliphatic imine (C=N–C) groups is 1. The van der Waals surface area contributed by atoms with Gasteiger partial charge in [0, 0.05) is 44.6 Å². The van der Waals surface area contributed by atoms with Crippen LogP contribution in [0.3, 0.4) is 0 Å². The molecule has 0 spiro atoms. The highest BCUT2D eigenvalue weighted by molar-refractivity contribution is 14.0. The summed E-state index contributed by atoms with van der Waals surface area (Å²) in [6, 6.07) is 8.70. The van der Waals surface area contributed by atoms with E-state index < -0.39 is 0 Å². The lowest BCUT2D eigenvalue weighted by molar-refractivity contribution is 0.186. The van der Waals surface area contributed by atoms with Crippen molar-refractivity contribution >= 4 is 41.7 Å². The number of guanidine groups is 1. The summed E-state index contributed by atoms with van der Waals surface area (Å²) in [5, 5.41) is 3.45. The Balaban J connectivity index is 0.00000242. The second-order valence-corrected chi connectivity index (χ2v) is 6.24. The van der Waals surface area contributed by atoms with E-state index in [1.807, 2.05) is 7.05 Å². The second kappa shape index (κ2) is 10.3. The fourth-order valence-corrected chi connectivity index (χ4v) is 2.85. The summed E-state index contributed by atoms with van der Waals surface area (Å²) in [5.41, 5.74) is 1.29. The summed E-state index contributed by atoms with van der Waals surface area (Å²) in [5.74, 6) is 1.55. The fourth-order valence-electron chi connectivity index (χ4n) is 2.44. The minimum Gasteiger partial charge on any atom is -0.381 e. The first-order valence-corrected chi connectivity index (χ1v) is 8.58. The molecule has 1 aliphatic heterocycles. The Morgan fingerprint density at radius 2 is 2.14 bits per heavy atom. The van der Waals surface area contributed by atoms with Crippen molar-refractivity contribution in [3.05, 3.63) is 29.8 Å². The molecule has 4 nitrogen and oxygen atoms in total. The number of benzene rings is 1. The molecular formula is C16H26IN3OS. The van der Waals surface area contributed by atoms with Gasteiger partial charge in [0.2, 0.25) is 0 Å². The van der Waals surface area contributed by atoms with Crippen molar-refractivity contribution in [3.8, 4) is 0 Å². The highest BCUT2D eigenvalue weighted by Crippen LogP contribution is 2.15. The normalized spacial score (nSPS) is 18.0. The summed E-state index contributed by atoms with van der Waals surface area (Å²) in [6.07, 6.45) is 3.24. The maximum absolute atomic E-state index is 5.41. The van der Waals surface area contributed by atoms with E-state index in [0.29, 0.717) is 5.92 Å². The van der Waals surface area contributed by atoms with Crippen molar-refractivity contribution in [1.29, 1.82) is 0 Å². The van der Waals surface area contributed by atoms with Gasteiger partial charge in [-0.3, -0.25) is 4.99 Å². The maximum atomic E-state index is 5.41. The van der Waals surface area contributed by atoms with E-state index >= 15 is 0 Å². The molecule has 1 unspecified atom stereocenters. The fraction of sp³-hybridized carbons (Fsp3) is 0.562. The largest absolute Gasteiger partial charge is 0.381 e. The van der Waals surface area contributed by atoms with E-state index in [1.165, 1.54) is 10.5 Å². The van der Waals surface area contributed by atoms with Gasteiger partial charge in [0.05, 0.1) is 6.61 Å². The Morgan fingerprint density at radius 3 is 2.68 bits per heavy atom. The molecule has 0 aromatic heterocycles. The Bertz CT molecular complexity index is 461. The number of halogens is 1. The predicted molar refractivity (Wildman–Crippen MR) is 105 cm³/mol. The number of nitrogens with zero attached hydrogens (tertiary/aromatic N) is 2.